The predicted octanol–water partition coefficient (Wildman–Crippen LogP) is 2.23. The Morgan fingerprint density at radius 2 is 1.89 bits per heavy atom. The van der Waals surface area contributed by atoms with Gasteiger partial charge in [0, 0.05) is 16.9 Å². The minimum Gasteiger partial charge on any atom is -0.491 e. The molecular weight excluding hydrogens is 296 g/mol. The molecule has 0 aliphatic rings. The van der Waals surface area contributed by atoms with Gasteiger partial charge in [-0.3, -0.25) is 4.68 Å². The summed E-state index contributed by atoms with van der Waals surface area (Å²) in [7, 11) is 0. The molecule has 96 valence electrons. The summed E-state index contributed by atoms with van der Waals surface area (Å²) in [6, 6.07) is 11.3. The van der Waals surface area contributed by atoms with E-state index in [0.29, 0.717) is 6.54 Å². The molecule has 0 spiro atoms. The molecule has 1 atom stereocenters. The van der Waals surface area contributed by atoms with E-state index in [1.54, 1.807) is 4.68 Å². The molecule has 4 nitrogen and oxygen atoms in total. The van der Waals surface area contributed by atoms with Crippen LogP contribution in [0.4, 0.5) is 0 Å². The quantitative estimate of drug-likeness (QED) is 0.860. The molecule has 0 bridgehead atoms. The van der Waals surface area contributed by atoms with Gasteiger partial charge in [0.05, 0.1) is 6.54 Å². The maximum atomic E-state index is 9.75. The summed E-state index contributed by atoms with van der Waals surface area (Å²) in [5, 5.41) is 9.75. The predicted molar refractivity (Wildman–Crippen MR) is 74.3 cm³/mol. The Hall–Kier alpha value is -1.46. The van der Waals surface area contributed by atoms with Crippen LogP contribution in [0.2, 0.25) is 0 Å². The molecule has 2 N–H and O–H groups in total. The summed E-state index contributed by atoms with van der Waals surface area (Å²) in [6.45, 7) is 0.696. The molecule has 2 rings (SSSR count). The number of nitrogens with one attached hydrogen (secondary N) is 1. The molecule has 0 amide bonds. The zero-order chi connectivity index (χ0) is 12.8. The van der Waals surface area contributed by atoms with Crippen LogP contribution in [0.15, 0.2) is 53.3 Å². The van der Waals surface area contributed by atoms with E-state index in [9.17, 15) is 5.11 Å². The van der Waals surface area contributed by atoms with Crippen LogP contribution in [0.1, 0.15) is 0 Å². The second kappa shape index (κ2) is 6.47. The van der Waals surface area contributed by atoms with E-state index in [-0.39, 0.29) is 6.61 Å². The SMILES string of the molecule is OC(CNn1cccc1)COc1ccc(Br)cc1. The van der Waals surface area contributed by atoms with Gasteiger partial charge in [0.1, 0.15) is 18.5 Å². The highest BCUT2D eigenvalue weighted by atomic mass is 79.9. The van der Waals surface area contributed by atoms with Crippen LogP contribution in [-0.2, 0) is 0 Å². The molecule has 1 heterocycles. The second-order valence-corrected chi connectivity index (χ2v) is 4.79. The molecule has 1 unspecified atom stereocenters. The zero-order valence-electron chi connectivity index (χ0n) is 9.79. The lowest BCUT2D eigenvalue weighted by Gasteiger charge is -2.14. The molecule has 0 fully saturated rings. The molecule has 0 saturated heterocycles. The first-order valence-corrected chi connectivity index (χ1v) is 6.46. The van der Waals surface area contributed by atoms with Gasteiger partial charge in [-0.25, -0.2) is 0 Å². The molecule has 0 radical (unpaired) electrons. The van der Waals surface area contributed by atoms with Gasteiger partial charge in [-0.05, 0) is 36.4 Å². The topological polar surface area (TPSA) is 46.4 Å². The third-order valence-electron chi connectivity index (χ3n) is 2.37. The van der Waals surface area contributed by atoms with E-state index in [4.69, 9.17) is 4.74 Å². The first-order chi connectivity index (χ1) is 8.74. The third-order valence-corrected chi connectivity index (χ3v) is 2.90. The molecule has 0 aliphatic carbocycles. The fourth-order valence-electron chi connectivity index (χ4n) is 1.43. The first kappa shape index (κ1) is 13.0. The Labute approximate surface area is 114 Å². The lowest BCUT2D eigenvalue weighted by Crippen LogP contribution is -2.30. The Kier molecular flexibility index (Phi) is 4.66. The number of hydrogen-bond acceptors (Lipinski definition) is 3. The number of aliphatic hydroxyl groups excluding tert-OH is 1. The summed E-state index contributed by atoms with van der Waals surface area (Å²) >= 11 is 3.35. The normalized spacial score (nSPS) is 12.1. The van der Waals surface area contributed by atoms with E-state index < -0.39 is 6.10 Å². The smallest absolute Gasteiger partial charge is 0.119 e. The summed E-state index contributed by atoms with van der Waals surface area (Å²) in [4.78, 5) is 0. The number of nitrogens with zero attached hydrogens (tertiary/aromatic N) is 1. The van der Waals surface area contributed by atoms with E-state index in [1.807, 2.05) is 48.8 Å². The fraction of sp³-hybridized carbons (Fsp3) is 0.231. The monoisotopic (exact) mass is 310 g/mol. The molecular formula is C13H15BrN2O2. The molecule has 5 heteroatoms. The van der Waals surface area contributed by atoms with Gasteiger partial charge in [0.2, 0.25) is 0 Å². The molecule has 1 aromatic carbocycles. The van der Waals surface area contributed by atoms with Gasteiger partial charge in [0.25, 0.3) is 0 Å². The van der Waals surface area contributed by atoms with Crippen molar-refractivity contribution in [2.75, 3.05) is 18.6 Å². The van der Waals surface area contributed by atoms with Crippen LogP contribution in [-0.4, -0.2) is 29.0 Å². The van der Waals surface area contributed by atoms with Gasteiger partial charge in [0.15, 0.2) is 0 Å². The molecule has 0 saturated carbocycles. The average Bonchev–Trinajstić information content (AvgIpc) is 2.89. The van der Waals surface area contributed by atoms with Crippen molar-refractivity contribution in [1.29, 1.82) is 0 Å². The highest BCUT2D eigenvalue weighted by Crippen LogP contribution is 2.16. The summed E-state index contributed by atoms with van der Waals surface area (Å²) in [6.07, 6.45) is 3.20. The first-order valence-electron chi connectivity index (χ1n) is 5.67. The fourth-order valence-corrected chi connectivity index (χ4v) is 1.70. The Balaban J connectivity index is 1.71. The minimum atomic E-state index is -0.559. The standard InChI is InChI=1S/C13H15BrN2O2/c14-11-3-5-13(6-4-11)18-10-12(17)9-15-16-7-1-2-8-16/h1-8,12,15,17H,9-10H2. The Morgan fingerprint density at radius 3 is 2.56 bits per heavy atom. The summed E-state index contributed by atoms with van der Waals surface area (Å²) in [5.41, 5.74) is 3.05. The van der Waals surface area contributed by atoms with Gasteiger partial charge in [-0.15, -0.1) is 0 Å². The maximum Gasteiger partial charge on any atom is 0.119 e. The summed E-state index contributed by atoms with van der Waals surface area (Å²) in [5.74, 6) is 0.748. The third kappa shape index (κ3) is 4.09. The number of hydrogen-bond donors (Lipinski definition) is 2. The van der Waals surface area contributed by atoms with Crippen molar-refractivity contribution in [3.63, 3.8) is 0 Å². The number of halogens is 1. The molecule has 18 heavy (non-hydrogen) atoms. The lowest BCUT2D eigenvalue weighted by molar-refractivity contribution is 0.115. The molecule has 0 aliphatic heterocycles. The van der Waals surface area contributed by atoms with Crippen LogP contribution in [0.3, 0.4) is 0 Å². The van der Waals surface area contributed by atoms with Crippen molar-refractivity contribution in [3.8, 4) is 5.75 Å². The van der Waals surface area contributed by atoms with Gasteiger partial charge in [-0.1, -0.05) is 15.9 Å². The molecule has 2 aromatic rings. The van der Waals surface area contributed by atoms with Crippen LogP contribution in [0.5, 0.6) is 5.75 Å². The van der Waals surface area contributed by atoms with E-state index >= 15 is 0 Å². The van der Waals surface area contributed by atoms with Crippen molar-refractivity contribution < 1.29 is 9.84 Å². The van der Waals surface area contributed by atoms with Crippen molar-refractivity contribution in [3.05, 3.63) is 53.3 Å². The van der Waals surface area contributed by atoms with E-state index in [0.717, 1.165) is 10.2 Å². The van der Waals surface area contributed by atoms with Crippen LogP contribution in [0.25, 0.3) is 0 Å². The van der Waals surface area contributed by atoms with Gasteiger partial charge >= 0.3 is 0 Å². The number of ether oxygens (including phenoxy) is 1. The Bertz CT molecular complexity index is 456. The van der Waals surface area contributed by atoms with Gasteiger partial charge in [-0.2, -0.15) is 0 Å². The Morgan fingerprint density at radius 1 is 1.22 bits per heavy atom. The van der Waals surface area contributed by atoms with Crippen molar-refractivity contribution in [2.24, 2.45) is 0 Å². The number of aliphatic hydroxyl groups is 1. The number of aromatic nitrogens is 1. The van der Waals surface area contributed by atoms with Crippen LogP contribution >= 0.6 is 15.9 Å². The van der Waals surface area contributed by atoms with Crippen molar-refractivity contribution >= 4 is 15.9 Å². The lowest BCUT2D eigenvalue weighted by atomic mass is 10.3. The number of rotatable bonds is 6. The minimum absolute atomic E-state index is 0.260. The highest BCUT2D eigenvalue weighted by Gasteiger charge is 2.04. The second-order valence-electron chi connectivity index (χ2n) is 3.87. The van der Waals surface area contributed by atoms with Gasteiger partial charge < -0.3 is 15.3 Å². The highest BCUT2D eigenvalue weighted by molar-refractivity contribution is 9.10. The van der Waals surface area contributed by atoms with Crippen molar-refractivity contribution in [1.82, 2.24) is 4.68 Å². The van der Waals surface area contributed by atoms with E-state index in [1.165, 1.54) is 0 Å². The molecule has 1 aromatic heterocycles. The maximum absolute atomic E-state index is 9.75. The average molecular weight is 311 g/mol. The number of benzene rings is 1. The zero-order valence-corrected chi connectivity index (χ0v) is 11.4. The summed E-state index contributed by atoms with van der Waals surface area (Å²) < 4.78 is 8.27. The largest absolute Gasteiger partial charge is 0.491 e. The van der Waals surface area contributed by atoms with E-state index in [2.05, 4.69) is 21.4 Å². The van der Waals surface area contributed by atoms with Crippen LogP contribution < -0.4 is 10.2 Å². The van der Waals surface area contributed by atoms with Crippen molar-refractivity contribution in [2.45, 2.75) is 6.10 Å². The van der Waals surface area contributed by atoms with Crippen LogP contribution in [0, 0.1) is 0 Å².